The number of carbonyl (C=O) groups is 1. The van der Waals surface area contributed by atoms with Crippen LogP contribution in [0, 0.1) is 10.1 Å². The summed E-state index contributed by atoms with van der Waals surface area (Å²) in [6.45, 7) is 5.60. The highest BCUT2D eigenvalue weighted by molar-refractivity contribution is 6.32. The van der Waals surface area contributed by atoms with Crippen LogP contribution in [-0.2, 0) is 4.74 Å². The van der Waals surface area contributed by atoms with Gasteiger partial charge < -0.3 is 10.1 Å². The van der Waals surface area contributed by atoms with Gasteiger partial charge in [0.2, 0.25) is 0 Å². The number of hydrogen-bond acceptors (Lipinski definition) is 4. The fraction of sp³-hybridized carbons (Fsp3) is 0.357. The van der Waals surface area contributed by atoms with Crippen LogP contribution in [0.2, 0.25) is 5.02 Å². The summed E-state index contributed by atoms with van der Waals surface area (Å²) in [4.78, 5) is 21.5. The first-order valence-electron chi connectivity index (χ1n) is 6.26. The Labute approximate surface area is 127 Å². The molecule has 0 fully saturated rings. The van der Waals surface area contributed by atoms with Gasteiger partial charge >= 0.3 is 6.09 Å². The molecule has 7 heteroatoms. The molecule has 1 amide bonds. The van der Waals surface area contributed by atoms with E-state index in [2.05, 4.69) is 5.32 Å². The zero-order valence-corrected chi connectivity index (χ0v) is 12.8. The van der Waals surface area contributed by atoms with Crippen molar-refractivity contribution in [3.05, 3.63) is 45.0 Å². The summed E-state index contributed by atoms with van der Waals surface area (Å²) in [5.41, 5.74) is 0.0208. The molecule has 0 aliphatic carbocycles. The predicted molar refractivity (Wildman–Crippen MR) is 81.4 cm³/mol. The van der Waals surface area contributed by atoms with Crippen molar-refractivity contribution in [3.63, 3.8) is 0 Å². The van der Waals surface area contributed by atoms with Crippen molar-refractivity contribution in [1.29, 1.82) is 0 Å². The van der Waals surface area contributed by atoms with E-state index in [0.29, 0.717) is 5.56 Å². The Balaban J connectivity index is 2.54. The van der Waals surface area contributed by atoms with E-state index in [1.54, 1.807) is 39.0 Å². The Kier molecular flexibility index (Phi) is 5.72. The first-order chi connectivity index (χ1) is 9.69. The van der Waals surface area contributed by atoms with E-state index >= 15 is 0 Å². The maximum Gasteiger partial charge on any atom is 0.407 e. The second-order valence-corrected chi connectivity index (χ2v) is 5.66. The van der Waals surface area contributed by atoms with Crippen molar-refractivity contribution in [2.24, 2.45) is 0 Å². The molecule has 0 aromatic heterocycles. The standard InChI is InChI=1S/C14H17ClN2O4/c1-14(2,3)21-13(18)16-8-4-5-10-6-7-11(17(19)20)9-12(10)15/h4-7,9H,8H2,1-3H3,(H,16,18). The lowest BCUT2D eigenvalue weighted by Crippen LogP contribution is -2.32. The van der Waals surface area contributed by atoms with Crippen LogP contribution in [0.15, 0.2) is 24.3 Å². The molecule has 1 aromatic rings. The number of non-ortho nitro benzene ring substituents is 1. The number of carbonyl (C=O) groups excluding carboxylic acids is 1. The molecule has 0 radical (unpaired) electrons. The molecular formula is C14H17ClN2O4. The number of nitro groups is 1. The molecule has 1 rings (SSSR count). The summed E-state index contributed by atoms with van der Waals surface area (Å²) in [7, 11) is 0. The van der Waals surface area contributed by atoms with Crippen LogP contribution in [0.25, 0.3) is 6.08 Å². The summed E-state index contributed by atoms with van der Waals surface area (Å²) in [5.74, 6) is 0. The molecule has 1 N–H and O–H groups in total. The lowest BCUT2D eigenvalue weighted by molar-refractivity contribution is -0.384. The first kappa shape index (κ1) is 17.0. The van der Waals surface area contributed by atoms with Crippen molar-refractivity contribution in [3.8, 4) is 0 Å². The average Bonchev–Trinajstić information content (AvgIpc) is 2.33. The number of halogens is 1. The summed E-state index contributed by atoms with van der Waals surface area (Å²) in [5, 5.41) is 13.4. The molecule has 0 unspecified atom stereocenters. The summed E-state index contributed by atoms with van der Waals surface area (Å²) < 4.78 is 5.07. The largest absolute Gasteiger partial charge is 0.444 e. The second kappa shape index (κ2) is 7.08. The zero-order valence-electron chi connectivity index (χ0n) is 12.1. The molecule has 0 heterocycles. The number of nitro benzene ring substituents is 1. The number of nitrogens with one attached hydrogen (secondary N) is 1. The monoisotopic (exact) mass is 312 g/mol. The molecule has 0 saturated heterocycles. The summed E-state index contributed by atoms with van der Waals surface area (Å²) in [6.07, 6.45) is 2.84. The molecule has 6 nitrogen and oxygen atoms in total. The van der Waals surface area contributed by atoms with Crippen molar-refractivity contribution < 1.29 is 14.5 Å². The molecule has 0 aliphatic heterocycles. The van der Waals surface area contributed by atoms with Gasteiger partial charge in [-0.1, -0.05) is 23.8 Å². The molecule has 0 atom stereocenters. The van der Waals surface area contributed by atoms with E-state index in [9.17, 15) is 14.9 Å². The van der Waals surface area contributed by atoms with Crippen molar-refractivity contribution in [2.75, 3.05) is 6.54 Å². The number of rotatable bonds is 4. The minimum Gasteiger partial charge on any atom is -0.444 e. The quantitative estimate of drug-likeness (QED) is 0.677. The molecule has 21 heavy (non-hydrogen) atoms. The van der Waals surface area contributed by atoms with E-state index in [1.807, 2.05) is 0 Å². The number of amides is 1. The van der Waals surface area contributed by atoms with Crippen LogP contribution in [0.5, 0.6) is 0 Å². The average molecular weight is 313 g/mol. The predicted octanol–water partition coefficient (Wildman–Crippen LogP) is 3.79. The van der Waals surface area contributed by atoms with E-state index in [1.165, 1.54) is 12.1 Å². The lowest BCUT2D eigenvalue weighted by Gasteiger charge is -2.19. The SMILES string of the molecule is CC(C)(C)OC(=O)NCC=Cc1ccc([N+](=O)[O-])cc1Cl. The van der Waals surface area contributed by atoms with E-state index in [4.69, 9.17) is 16.3 Å². The number of hydrogen-bond donors (Lipinski definition) is 1. The number of alkyl carbamates (subject to hydrolysis) is 1. The van der Waals surface area contributed by atoms with Crippen LogP contribution in [-0.4, -0.2) is 23.2 Å². The number of ether oxygens (including phenoxy) is 1. The topological polar surface area (TPSA) is 81.5 Å². The zero-order chi connectivity index (χ0) is 16.0. The van der Waals surface area contributed by atoms with Crippen LogP contribution < -0.4 is 5.32 Å². The highest BCUT2D eigenvalue weighted by Gasteiger charge is 2.15. The van der Waals surface area contributed by atoms with Crippen LogP contribution in [0.4, 0.5) is 10.5 Å². The molecule has 114 valence electrons. The highest BCUT2D eigenvalue weighted by Crippen LogP contribution is 2.23. The van der Waals surface area contributed by atoms with Gasteiger partial charge in [-0.15, -0.1) is 0 Å². The van der Waals surface area contributed by atoms with Gasteiger partial charge in [0.1, 0.15) is 5.60 Å². The third-order valence-corrected chi connectivity index (χ3v) is 2.58. The Morgan fingerprint density at radius 2 is 2.14 bits per heavy atom. The summed E-state index contributed by atoms with van der Waals surface area (Å²) in [6, 6.07) is 4.19. The van der Waals surface area contributed by atoms with Gasteiger partial charge in [0, 0.05) is 18.7 Å². The summed E-state index contributed by atoms with van der Waals surface area (Å²) >= 11 is 5.93. The number of nitrogens with zero attached hydrogens (tertiary/aromatic N) is 1. The number of benzene rings is 1. The molecule has 0 aliphatic rings. The third-order valence-electron chi connectivity index (χ3n) is 2.26. The van der Waals surface area contributed by atoms with Crippen molar-refractivity contribution in [2.45, 2.75) is 26.4 Å². The van der Waals surface area contributed by atoms with E-state index < -0.39 is 16.6 Å². The normalized spacial score (nSPS) is 11.4. The smallest absolute Gasteiger partial charge is 0.407 e. The lowest BCUT2D eigenvalue weighted by atomic mass is 10.2. The van der Waals surface area contributed by atoms with E-state index in [-0.39, 0.29) is 17.3 Å². The van der Waals surface area contributed by atoms with Gasteiger partial charge in [0.05, 0.1) is 9.95 Å². The van der Waals surface area contributed by atoms with Crippen molar-refractivity contribution in [1.82, 2.24) is 5.32 Å². The van der Waals surface area contributed by atoms with Crippen LogP contribution >= 0.6 is 11.6 Å². The maximum atomic E-state index is 11.4. The minimum absolute atomic E-state index is 0.0657. The van der Waals surface area contributed by atoms with Gasteiger partial charge in [0.15, 0.2) is 0 Å². The molecule has 0 spiro atoms. The fourth-order valence-electron chi connectivity index (χ4n) is 1.41. The fourth-order valence-corrected chi connectivity index (χ4v) is 1.64. The Morgan fingerprint density at radius 1 is 1.48 bits per heavy atom. The van der Waals surface area contributed by atoms with Crippen molar-refractivity contribution >= 4 is 29.5 Å². The van der Waals surface area contributed by atoms with Gasteiger partial charge in [-0.25, -0.2) is 4.79 Å². The van der Waals surface area contributed by atoms with Gasteiger partial charge in [-0.05, 0) is 32.4 Å². The Morgan fingerprint density at radius 3 is 2.67 bits per heavy atom. The van der Waals surface area contributed by atoms with E-state index in [0.717, 1.165) is 0 Å². The molecule has 1 aromatic carbocycles. The molecule has 0 bridgehead atoms. The van der Waals surface area contributed by atoms with Gasteiger partial charge in [0.25, 0.3) is 5.69 Å². The second-order valence-electron chi connectivity index (χ2n) is 5.25. The van der Waals surface area contributed by atoms with Gasteiger partial charge in [-0.3, -0.25) is 10.1 Å². The van der Waals surface area contributed by atoms with Crippen LogP contribution in [0.3, 0.4) is 0 Å². The molecule has 0 saturated carbocycles. The Bertz CT molecular complexity index is 565. The Hall–Kier alpha value is -2.08. The first-order valence-corrected chi connectivity index (χ1v) is 6.64. The van der Waals surface area contributed by atoms with Crippen LogP contribution in [0.1, 0.15) is 26.3 Å². The molecular weight excluding hydrogens is 296 g/mol. The van der Waals surface area contributed by atoms with Gasteiger partial charge in [-0.2, -0.15) is 0 Å². The maximum absolute atomic E-state index is 11.4. The third kappa shape index (κ3) is 6.27. The minimum atomic E-state index is -0.546. The highest BCUT2D eigenvalue weighted by atomic mass is 35.5.